The molecule has 0 aromatic rings. The van der Waals surface area contributed by atoms with Gasteiger partial charge in [-0.05, 0) is 26.2 Å². The van der Waals surface area contributed by atoms with Crippen LogP contribution in [0.3, 0.4) is 0 Å². The lowest BCUT2D eigenvalue weighted by molar-refractivity contribution is 0.0922. The van der Waals surface area contributed by atoms with Crippen LogP contribution < -0.4 is 0 Å². The fourth-order valence-electron chi connectivity index (χ4n) is 2.80. The van der Waals surface area contributed by atoms with Crippen LogP contribution in [0.15, 0.2) is 23.3 Å². The summed E-state index contributed by atoms with van der Waals surface area (Å²) in [7, 11) is 0. The molecule has 0 bridgehead atoms. The summed E-state index contributed by atoms with van der Waals surface area (Å²) in [4.78, 5) is 10.7. The normalized spacial score (nSPS) is 33.6. The summed E-state index contributed by atoms with van der Waals surface area (Å²) in [5.41, 5.74) is 2.32. The summed E-state index contributed by atoms with van der Waals surface area (Å²) in [6.45, 7) is 4.43. The molecular formula is C13H17ClO2. The van der Waals surface area contributed by atoms with Crippen LogP contribution in [0.5, 0.6) is 0 Å². The number of hydrogen-bond donors (Lipinski definition) is 0. The van der Waals surface area contributed by atoms with Gasteiger partial charge in [-0.25, -0.2) is 4.79 Å². The molecule has 2 unspecified atom stereocenters. The van der Waals surface area contributed by atoms with E-state index in [0.29, 0.717) is 0 Å². The van der Waals surface area contributed by atoms with E-state index in [0.717, 1.165) is 25.7 Å². The predicted octanol–water partition coefficient (Wildman–Crippen LogP) is 4.20. The molecule has 0 spiro atoms. The predicted molar refractivity (Wildman–Crippen MR) is 64.5 cm³/mol. The van der Waals surface area contributed by atoms with Crippen molar-refractivity contribution in [3.8, 4) is 0 Å². The molecule has 2 aliphatic carbocycles. The van der Waals surface area contributed by atoms with Gasteiger partial charge in [0, 0.05) is 23.4 Å². The Morgan fingerprint density at radius 1 is 1.62 bits per heavy atom. The molecule has 0 aromatic carbocycles. The van der Waals surface area contributed by atoms with Gasteiger partial charge in [-0.15, -0.1) is 0 Å². The number of carbonyl (C=O) groups is 1. The van der Waals surface area contributed by atoms with Crippen molar-refractivity contribution in [1.29, 1.82) is 0 Å². The Bertz CT molecular complexity index is 370. The average molecular weight is 241 g/mol. The monoisotopic (exact) mass is 240 g/mol. The van der Waals surface area contributed by atoms with Gasteiger partial charge in [-0.2, -0.15) is 0 Å². The zero-order valence-electron chi connectivity index (χ0n) is 9.75. The molecule has 0 amide bonds. The van der Waals surface area contributed by atoms with Gasteiger partial charge in [0.15, 0.2) is 0 Å². The Hall–Kier alpha value is -0.760. The van der Waals surface area contributed by atoms with Crippen molar-refractivity contribution in [3.63, 3.8) is 0 Å². The van der Waals surface area contributed by atoms with Crippen LogP contribution in [0.1, 0.15) is 39.5 Å². The van der Waals surface area contributed by atoms with Crippen LogP contribution in [-0.2, 0) is 4.74 Å². The SMILES string of the molecule is CC1=CC2(C)CCC(OC(=O)Cl)CC2=CC1. The number of fused-ring (bicyclic) bond motifs is 1. The van der Waals surface area contributed by atoms with Gasteiger partial charge >= 0.3 is 5.43 Å². The van der Waals surface area contributed by atoms with Gasteiger partial charge in [-0.1, -0.05) is 30.2 Å². The Morgan fingerprint density at radius 3 is 3.06 bits per heavy atom. The van der Waals surface area contributed by atoms with E-state index in [1.165, 1.54) is 11.1 Å². The van der Waals surface area contributed by atoms with Crippen LogP contribution in [-0.4, -0.2) is 11.5 Å². The second-order valence-electron chi connectivity index (χ2n) is 5.06. The zero-order valence-corrected chi connectivity index (χ0v) is 10.5. The van der Waals surface area contributed by atoms with E-state index in [1.807, 2.05) is 0 Å². The first kappa shape index (κ1) is 11.7. The Kier molecular flexibility index (Phi) is 3.11. The third kappa shape index (κ3) is 2.32. The minimum absolute atomic E-state index is 0.0314. The highest BCUT2D eigenvalue weighted by Gasteiger charge is 2.36. The molecule has 0 N–H and O–H groups in total. The van der Waals surface area contributed by atoms with E-state index in [2.05, 4.69) is 26.0 Å². The van der Waals surface area contributed by atoms with Crippen molar-refractivity contribution < 1.29 is 9.53 Å². The van der Waals surface area contributed by atoms with Crippen LogP contribution in [0.25, 0.3) is 0 Å². The second kappa shape index (κ2) is 4.25. The van der Waals surface area contributed by atoms with E-state index >= 15 is 0 Å². The lowest BCUT2D eigenvalue weighted by atomic mass is 9.67. The van der Waals surface area contributed by atoms with Crippen molar-refractivity contribution in [2.45, 2.75) is 45.6 Å². The second-order valence-corrected chi connectivity index (χ2v) is 5.37. The molecule has 0 heterocycles. The topological polar surface area (TPSA) is 26.3 Å². The summed E-state index contributed by atoms with van der Waals surface area (Å²) in [6, 6.07) is 0. The van der Waals surface area contributed by atoms with Crippen LogP contribution in [0.2, 0.25) is 0 Å². The molecular weight excluding hydrogens is 224 g/mol. The molecule has 0 saturated heterocycles. The van der Waals surface area contributed by atoms with Gasteiger partial charge in [-0.3, -0.25) is 0 Å². The van der Waals surface area contributed by atoms with Crippen molar-refractivity contribution in [2.24, 2.45) is 5.41 Å². The Labute approximate surface area is 101 Å². The molecule has 2 atom stereocenters. The fraction of sp³-hybridized carbons (Fsp3) is 0.615. The first-order valence-electron chi connectivity index (χ1n) is 5.73. The molecule has 16 heavy (non-hydrogen) atoms. The number of carbonyl (C=O) groups excluding carboxylic acids is 1. The summed E-state index contributed by atoms with van der Waals surface area (Å²) in [6.07, 6.45) is 8.40. The smallest absolute Gasteiger partial charge is 0.404 e. The number of hydrogen-bond acceptors (Lipinski definition) is 2. The highest BCUT2D eigenvalue weighted by molar-refractivity contribution is 6.61. The van der Waals surface area contributed by atoms with Gasteiger partial charge in [0.1, 0.15) is 6.10 Å². The van der Waals surface area contributed by atoms with Gasteiger partial charge in [0.2, 0.25) is 0 Å². The van der Waals surface area contributed by atoms with E-state index < -0.39 is 5.43 Å². The van der Waals surface area contributed by atoms with E-state index in [9.17, 15) is 4.79 Å². The Morgan fingerprint density at radius 2 is 2.38 bits per heavy atom. The number of rotatable bonds is 1. The molecule has 0 radical (unpaired) electrons. The number of ether oxygens (including phenoxy) is 1. The maximum Gasteiger partial charge on any atom is 0.404 e. The molecule has 2 nitrogen and oxygen atoms in total. The van der Waals surface area contributed by atoms with Crippen LogP contribution >= 0.6 is 11.6 Å². The molecule has 2 rings (SSSR count). The molecule has 0 aliphatic heterocycles. The summed E-state index contributed by atoms with van der Waals surface area (Å²) in [5.74, 6) is 0. The molecule has 1 saturated carbocycles. The summed E-state index contributed by atoms with van der Waals surface area (Å²) in [5, 5.41) is 0. The molecule has 88 valence electrons. The fourth-order valence-corrected chi connectivity index (χ4v) is 2.93. The van der Waals surface area contributed by atoms with Crippen molar-refractivity contribution >= 4 is 17.0 Å². The highest BCUT2D eigenvalue weighted by Crippen LogP contribution is 2.46. The third-order valence-corrected chi connectivity index (χ3v) is 3.75. The Balaban J connectivity index is 2.09. The first-order chi connectivity index (χ1) is 7.49. The van der Waals surface area contributed by atoms with E-state index in [-0.39, 0.29) is 11.5 Å². The minimum atomic E-state index is -0.684. The van der Waals surface area contributed by atoms with Crippen molar-refractivity contribution in [1.82, 2.24) is 0 Å². The maximum atomic E-state index is 10.7. The highest BCUT2D eigenvalue weighted by atomic mass is 35.5. The zero-order chi connectivity index (χ0) is 11.8. The van der Waals surface area contributed by atoms with E-state index in [4.69, 9.17) is 16.3 Å². The largest absolute Gasteiger partial charge is 0.450 e. The number of allylic oxidation sites excluding steroid dienone is 3. The van der Waals surface area contributed by atoms with Gasteiger partial charge < -0.3 is 4.74 Å². The van der Waals surface area contributed by atoms with Gasteiger partial charge in [0.25, 0.3) is 0 Å². The third-order valence-electron chi connectivity index (χ3n) is 3.66. The molecule has 3 heteroatoms. The standard InChI is InChI=1S/C13H17ClO2/c1-9-3-4-10-7-11(16-12(14)15)5-6-13(10,2)8-9/h4,8,11H,3,5-7H2,1-2H3. The lowest BCUT2D eigenvalue weighted by Crippen LogP contribution is -2.31. The lowest BCUT2D eigenvalue weighted by Gasteiger charge is -2.40. The molecule has 0 aromatic heterocycles. The van der Waals surface area contributed by atoms with Crippen LogP contribution in [0.4, 0.5) is 4.79 Å². The summed E-state index contributed by atoms with van der Waals surface area (Å²) >= 11 is 5.25. The molecule has 2 aliphatic rings. The summed E-state index contributed by atoms with van der Waals surface area (Å²) < 4.78 is 5.08. The minimum Gasteiger partial charge on any atom is -0.450 e. The van der Waals surface area contributed by atoms with Crippen molar-refractivity contribution in [2.75, 3.05) is 0 Å². The maximum absolute atomic E-state index is 10.7. The quantitative estimate of drug-likeness (QED) is 0.507. The van der Waals surface area contributed by atoms with Crippen LogP contribution in [0, 0.1) is 5.41 Å². The number of halogens is 1. The van der Waals surface area contributed by atoms with Gasteiger partial charge in [0.05, 0.1) is 0 Å². The van der Waals surface area contributed by atoms with E-state index in [1.54, 1.807) is 0 Å². The molecule has 1 fully saturated rings. The van der Waals surface area contributed by atoms with Crippen molar-refractivity contribution in [3.05, 3.63) is 23.3 Å². The average Bonchev–Trinajstić information content (AvgIpc) is 2.17. The first-order valence-corrected chi connectivity index (χ1v) is 6.11.